The Bertz CT molecular complexity index is 541. The molecule has 0 saturated carbocycles. The molecule has 0 atom stereocenters. The highest BCUT2D eigenvalue weighted by Crippen LogP contribution is 2.19. The van der Waals surface area contributed by atoms with Crippen LogP contribution in [0.1, 0.15) is 18.1 Å². The number of hydrogen-bond donors (Lipinski definition) is 0. The van der Waals surface area contributed by atoms with Gasteiger partial charge in [-0.25, -0.2) is 4.39 Å². The van der Waals surface area contributed by atoms with Crippen LogP contribution in [-0.4, -0.2) is 0 Å². The van der Waals surface area contributed by atoms with E-state index in [0.29, 0.717) is 5.02 Å². The maximum absolute atomic E-state index is 12.8. The summed E-state index contributed by atoms with van der Waals surface area (Å²) < 4.78 is 12.8. The molecule has 0 amide bonds. The van der Waals surface area contributed by atoms with Gasteiger partial charge in [0.25, 0.3) is 0 Å². The Morgan fingerprint density at radius 1 is 1.12 bits per heavy atom. The fraction of sp³-hybridized carbons (Fsp3) is 0.0667. The topological polar surface area (TPSA) is 0 Å². The molecule has 0 aromatic heterocycles. The molecule has 0 saturated heterocycles. The fourth-order valence-electron chi connectivity index (χ4n) is 1.64. The number of hydrogen-bond acceptors (Lipinski definition) is 0. The van der Waals surface area contributed by atoms with Crippen LogP contribution in [0.3, 0.4) is 0 Å². The van der Waals surface area contributed by atoms with Gasteiger partial charge in [-0.2, -0.15) is 0 Å². The van der Waals surface area contributed by atoms with Crippen molar-refractivity contribution < 1.29 is 4.39 Å². The summed E-state index contributed by atoms with van der Waals surface area (Å²) in [5.74, 6) is -0.218. The third-order valence-electron chi connectivity index (χ3n) is 2.53. The maximum Gasteiger partial charge on any atom is 0.123 e. The van der Waals surface area contributed by atoms with E-state index >= 15 is 0 Å². The minimum atomic E-state index is -0.218. The summed E-state index contributed by atoms with van der Waals surface area (Å²) >= 11 is 5.92. The van der Waals surface area contributed by atoms with Crippen LogP contribution < -0.4 is 0 Å². The third kappa shape index (κ3) is 3.18. The van der Waals surface area contributed by atoms with Crippen molar-refractivity contribution in [2.24, 2.45) is 0 Å². The van der Waals surface area contributed by atoms with Crippen LogP contribution in [0.2, 0.25) is 5.02 Å². The molecule has 86 valence electrons. The van der Waals surface area contributed by atoms with E-state index in [1.54, 1.807) is 12.1 Å². The maximum atomic E-state index is 12.8. The van der Waals surface area contributed by atoms with E-state index < -0.39 is 0 Å². The minimum Gasteiger partial charge on any atom is -0.207 e. The van der Waals surface area contributed by atoms with Crippen LogP contribution in [0.25, 0.3) is 11.6 Å². The van der Waals surface area contributed by atoms with E-state index in [4.69, 9.17) is 11.6 Å². The van der Waals surface area contributed by atoms with Crippen molar-refractivity contribution in [3.8, 4) is 0 Å². The molecule has 0 aliphatic carbocycles. The first-order valence-corrected chi connectivity index (χ1v) is 5.73. The van der Waals surface area contributed by atoms with E-state index in [-0.39, 0.29) is 5.82 Å². The Labute approximate surface area is 105 Å². The second-order valence-electron chi connectivity index (χ2n) is 3.89. The molecule has 0 unspecified atom stereocenters. The van der Waals surface area contributed by atoms with Gasteiger partial charge < -0.3 is 0 Å². The molecular formula is C15H12ClF. The van der Waals surface area contributed by atoms with E-state index in [0.717, 1.165) is 16.7 Å². The Hall–Kier alpha value is -1.60. The first-order valence-electron chi connectivity index (χ1n) is 5.35. The molecule has 17 heavy (non-hydrogen) atoms. The smallest absolute Gasteiger partial charge is 0.123 e. The fourth-order valence-corrected chi connectivity index (χ4v) is 1.84. The van der Waals surface area contributed by atoms with Gasteiger partial charge in [0, 0.05) is 5.02 Å². The van der Waals surface area contributed by atoms with Gasteiger partial charge in [0.15, 0.2) is 0 Å². The molecule has 2 rings (SSSR count). The number of rotatable bonds is 2. The molecule has 2 aromatic rings. The van der Waals surface area contributed by atoms with Crippen LogP contribution in [0.5, 0.6) is 0 Å². The van der Waals surface area contributed by atoms with Crippen LogP contribution in [0.15, 0.2) is 48.5 Å². The van der Waals surface area contributed by atoms with Crippen molar-refractivity contribution in [2.45, 2.75) is 6.92 Å². The average Bonchev–Trinajstić information content (AvgIpc) is 2.29. The van der Waals surface area contributed by atoms with Gasteiger partial charge >= 0.3 is 0 Å². The molecule has 0 N–H and O–H groups in total. The summed E-state index contributed by atoms with van der Waals surface area (Å²) in [6.45, 7) is 1.99. The zero-order valence-corrected chi connectivity index (χ0v) is 10.2. The molecule has 0 aliphatic heterocycles. The lowest BCUT2D eigenvalue weighted by atomic mass is 10.0. The average molecular weight is 247 g/mol. The molecule has 0 radical (unpaired) electrons. The lowest BCUT2D eigenvalue weighted by Gasteiger charge is -2.02. The summed E-state index contributed by atoms with van der Waals surface area (Å²) in [6, 6.07) is 14.1. The highest BCUT2D eigenvalue weighted by molar-refractivity contribution is 6.30. The SMILES string of the molecule is CC(=Cc1cccc(Cl)c1)c1ccc(F)cc1. The van der Waals surface area contributed by atoms with Crippen LogP contribution in [-0.2, 0) is 0 Å². The summed E-state index contributed by atoms with van der Waals surface area (Å²) in [6.07, 6.45) is 2.03. The summed E-state index contributed by atoms with van der Waals surface area (Å²) in [7, 11) is 0. The first-order chi connectivity index (χ1) is 8.15. The molecule has 2 heteroatoms. The van der Waals surface area contributed by atoms with Gasteiger partial charge in [-0.05, 0) is 47.9 Å². The summed E-state index contributed by atoms with van der Waals surface area (Å²) in [5.41, 5.74) is 3.12. The Morgan fingerprint density at radius 2 is 1.82 bits per heavy atom. The number of allylic oxidation sites excluding steroid dienone is 1. The van der Waals surface area contributed by atoms with Gasteiger partial charge in [0.2, 0.25) is 0 Å². The second-order valence-corrected chi connectivity index (χ2v) is 4.33. The Morgan fingerprint density at radius 3 is 2.47 bits per heavy atom. The predicted molar refractivity (Wildman–Crippen MR) is 71.4 cm³/mol. The zero-order valence-electron chi connectivity index (χ0n) is 9.45. The monoisotopic (exact) mass is 246 g/mol. The van der Waals surface area contributed by atoms with Crippen LogP contribution in [0.4, 0.5) is 4.39 Å². The highest BCUT2D eigenvalue weighted by Gasteiger charge is 1.97. The normalized spacial score (nSPS) is 11.6. The standard InChI is InChI=1S/C15H12ClF/c1-11(13-5-7-15(17)8-6-13)9-12-3-2-4-14(16)10-12/h2-10H,1H3. The van der Waals surface area contributed by atoms with Crippen molar-refractivity contribution >= 4 is 23.3 Å². The third-order valence-corrected chi connectivity index (χ3v) is 2.77. The van der Waals surface area contributed by atoms with Crippen molar-refractivity contribution in [2.75, 3.05) is 0 Å². The van der Waals surface area contributed by atoms with Gasteiger partial charge in [-0.1, -0.05) is 41.9 Å². The molecule has 0 nitrogen and oxygen atoms in total. The quantitative estimate of drug-likeness (QED) is 0.651. The largest absolute Gasteiger partial charge is 0.207 e. The first kappa shape index (κ1) is 11.9. The molecular weight excluding hydrogens is 235 g/mol. The van der Waals surface area contributed by atoms with E-state index in [2.05, 4.69) is 0 Å². The van der Waals surface area contributed by atoms with Gasteiger partial charge in [0.05, 0.1) is 0 Å². The van der Waals surface area contributed by atoms with Gasteiger partial charge in [-0.3, -0.25) is 0 Å². The van der Waals surface area contributed by atoms with Gasteiger partial charge in [-0.15, -0.1) is 0 Å². The molecule has 0 spiro atoms. The molecule has 0 heterocycles. The Kier molecular flexibility index (Phi) is 3.60. The van der Waals surface area contributed by atoms with E-state index in [1.165, 1.54) is 12.1 Å². The van der Waals surface area contributed by atoms with E-state index in [9.17, 15) is 4.39 Å². The molecule has 0 aliphatic rings. The van der Waals surface area contributed by atoms with Crippen LogP contribution >= 0.6 is 11.6 Å². The lowest BCUT2D eigenvalue weighted by molar-refractivity contribution is 0.627. The molecule has 0 fully saturated rings. The molecule has 0 bridgehead atoms. The summed E-state index contributed by atoms with van der Waals surface area (Å²) in [4.78, 5) is 0. The summed E-state index contributed by atoms with van der Waals surface area (Å²) in [5, 5.41) is 0.714. The van der Waals surface area contributed by atoms with Crippen molar-refractivity contribution in [1.82, 2.24) is 0 Å². The van der Waals surface area contributed by atoms with E-state index in [1.807, 2.05) is 37.3 Å². The second kappa shape index (κ2) is 5.15. The number of halogens is 2. The van der Waals surface area contributed by atoms with Crippen molar-refractivity contribution in [3.05, 3.63) is 70.5 Å². The minimum absolute atomic E-state index is 0.218. The zero-order chi connectivity index (χ0) is 12.3. The Balaban J connectivity index is 2.30. The van der Waals surface area contributed by atoms with Crippen molar-refractivity contribution in [1.29, 1.82) is 0 Å². The predicted octanol–water partition coefficient (Wildman–Crippen LogP) is 5.04. The van der Waals surface area contributed by atoms with Crippen LogP contribution in [0, 0.1) is 5.82 Å². The van der Waals surface area contributed by atoms with Crippen molar-refractivity contribution in [3.63, 3.8) is 0 Å². The highest BCUT2D eigenvalue weighted by atomic mass is 35.5. The lowest BCUT2D eigenvalue weighted by Crippen LogP contribution is -1.81. The number of benzene rings is 2. The van der Waals surface area contributed by atoms with Gasteiger partial charge in [0.1, 0.15) is 5.82 Å². The molecule has 2 aromatic carbocycles.